The summed E-state index contributed by atoms with van der Waals surface area (Å²) in [6, 6.07) is 6.61. The van der Waals surface area contributed by atoms with E-state index in [0.717, 1.165) is 0 Å². The molecule has 0 spiro atoms. The van der Waals surface area contributed by atoms with Crippen molar-refractivity contribution in [2.75, 3.05) is 0 Å². The van der Waals surface area contributed by atoms with E-state index in [9.17, 15) is 4.79 Å². The summed E-state index contributed by atoms with van der Waals surface area (Å²) in [6.45, 7) is 0. The number of carbonyl (C=O) groups is 1. The van der Waals surface area contributed by atoms with Crippen molar-refractivity contribution in [3.05, 3.63) is 33.8 Å². The first kappa shape index (κ1) is 12.5. The fourth-order valence-corrected chi connectivity index (χ4v) is 1.35. The van der Waals surface area contributed by atoms with Crippen LogP contribution in [0.5, 0.6) is 0 Å². The van der Waals surface area contributed by atoms with Gasteiger partial charge in [0.25, 0.3) is 5.91 Å². The first-order chi connectivity index (χ1) is 7.63. The summed E-state index contributed by atoms with van der Waals surface area (Å²) in [5.74, 6) is -0.469. The van der Waals surface area contributed by atoms with Gasteiger partial charge in [-0.1, -0.05) is 29.3 Å². The minimum absolute atomic E-state index is 0.230. The Kier molecular flexibility index (Phi) is 4.77. The third kappa shape index (κ3) is 3.89. The second-order valence-electron chi connectivity index (χ2n) is 2.79. The quantitative estimate of drug-likeness (QED) is 0.666. The van der Waals surface area contributed by atoms with E-state index in [-0.39, 0.29) is 6.42 Å². The number of nitrogens with zero attached hydrogens (tertiary/aromatic N) is 2. The van der Waals surface area contributed by atoms with Gasteiger partial charge in [-0.3, -0.25) is 4.79 Å². The van der Waals surface area contributed by atoms with Gasteiger partial charge >= 0.3 is 0 Å². The maximum atomic E-state index is 10.9. The second-order valence-corrected chi connectivity index (χ2v) is 3.64. The van der Waals surface area contributed by atoms with Gasteiger partial charge in [-0.2, -0.15) is 10.4 Å². The molecule has 16 heavy (non-hydrogen) atoms. The molecule has 0 atom stereocenters. The zero-order chi connectivity index (χ0) is 12.0. The van der Waals surface area contributed by atoms with Gasteiger partial charge in [0.2, 0.25) is 0 Å². The molecule has 0 fully saturated rings. The van der Waals surface area contributed by atoms with Crippen LogP contribution in [-0.4, -0.2) is 12.1 Å². The van der Waals surface area contributed by atoms with Gasteiger partial charge in [0.1, 0.15) is 6.42 Å². The van der Waals surface area contributed by atoms with Crippen LogP contribution in [0.3, 0.4) is 0 Å². The molecule has 4 nitrogen and oxygen atoms in total. The van der Waals surface area contributed by atoms with Gasteiger partial charge < -0.3 is 0 Å². The van der Waals surface area contributed by atoms with Gasteiger partial charge in [0.15, 0.2) is 0 Å². The Morgan fingerprint density at radius 3 is 2.94 bits per heavy atom. The van der Waals surface area contributed by atoms with Crippen molar-refractivity contribution in [2.24, 2.45) is 5.10 Å². The molecule has 1 amide bonds. The number of rotatable bonds is 3. The normalized spacial score (nSPS) is 10.1. The Hall–Kier alpha value is -1.57. The van der Waals surface area contributed by atoms with E-state index < -0.39 is 5.91 Å². The van der Waals surface area contributed by atoms with Gasteiger partial charge in [-0.25, -0.2) is 5.43 Å². The van der Waals surface area contributed by atoms with Crippen LogP contribution in [0.1, 0.15) is 12.0 Å². The Morgan fingerprint density at radius 2 is 2.31 bits per heavy atom. The van der Waals surface area contributed by atoms with Crippen LogP contribution in [0.25, 0.3) is 0 Å². The summed E-state index contributed by atoms with van der Waals surface area (Å²) in [4.78, 5) is 10.9. The predicted molar refractivity (Wildman–Crippen MR) is 62.4 cm³/mol. The Morgan fingerprint density at radius 1 is 1.56 bits per heavy atom. The summed E-state index contributed by atoms with van der Waals surface area (Å²) in [7, 11) is 0. The molecular formula is C10H7Cl2N3O. The molecule has 0 aliphatic heterocycles. The molecule has 1 aromatic rings. The summed E-state index contributed by atoms with van der Waals surface area (Å²) in [6.07, 6.45) is 1.15. The van der Waals surface area contributed by atoms with E-state index in [1.165, 1.54) is 6.21 Å². The van der Waals surface area contributed by atoms with Gasteiger partial charge in [-0.15, -0.1) is 0 Å². The predicted octanol–water partition coefficient (Wildman–Crippen LogP) is 2.36. The number of carbonyl (C=O) groups excluding carboxylic acids is 1. The number of hydrogen-bond acceptors (Lipinski definition) is 3. The molecule has 6 heteroatoms. The number of hydrazone groups is 1. The highest BCUT2D eigenvalue weighted by atomic mass is 35.5. The standard InChI is InChI=1S/C10H7Cl2N3O/c11-8-2-1-7(9(12)5-8)6-14-15-10(16)3-4-13/h1-2,5-6H,3H2,(H,15,16). The summed E-state index contributed by atoms with van der Waals surface area (Å²) < 4.78 is 0. The van der Waals surface area contributed by atoms with E-state index in [2.05, 4.69) is 10.5 Å². The van der Waals surface area contributed by atoms with Gasteiger partial charge in [-0.05, 0) is 12.1 Å². The van der Waals surface area contributed by atoms with Crippen molar-refractivity contribution in [2.45, 2.75) is 6.42 Å². The number of benzene rings is 1. The smallest absolute Gasteiger partial charge is 0.254 e. The molecule has 0 aliphatic carbocycles. The van der Waals surface area contributed by atoms with Crippen molar-refractivity contribution in [3.63, 3.8) is 0 Å². The van der Waals surface area contributed by atoms with E-state index >= 15 is 0 Å². The van der Waals surface area contributed by atoms with Crippen LogP contribution in [0.15, 0.2) is 23.3 Å². The molecule has 0 aliphatic rings. The molecule has 1 N–H and O–H groups in total. The molecule has 0 saturated carbocycles. The van der Waals surface area contributed by atoms with Gasteiger partial charge in [0, 0.05) is 10.6 Å². The summed E-state index contributed by atoms with van der Waals surface area (Å²) in [5, 5.41) is 12.8. The molecule has 1 aromatic carbocycles. The van der Waals surface area contributed by atoms with Crippen LogP contribution in [0.4, 0.5) is 0 Å². The molecule has 0 radical (unpaired) electrons. The van der Waals surface area contributed by atoms with E-state index in [4.69, 9.17) is 28.5 Å². The van der Waals surface area contributed by atoms with Crippen LogP contribution in [0.2, 0.25) is 10.0 Å². The number of nitrogens with one attached hydrogen (secondary N) is 1. The molecule has 0 unspecified atom stereocenters. The van der Waals surface area contributed by atoms with Gasteiger partial charge in [0.05, 0.1) is 17.3 Å². The lowest BCUT2D eigenvalue weighted by molar-refractivity contribution is -0.120. The molecule has 0 bridgehead atoms. The highest BCUT2D eigenvalue weighted by Gasteiger charge is 1.99. The minimum atomic E-state index is -0.469. The van der Waals surface area contributed by atoms with E-state index in [1.807, 2.05) is 0 Å². The molecule has 0 heterocycles. The van der Waals surface area contributed by atoms with Crippen molar-refractivity contribution < 1.29 is 4.79 Å². The summed E-state index contributed by atoms with van der Waals surface area (Å²) >= 11 is 11.6. The topological polar surface area (TPSA) is 65.2 Å². The SMILES string of the molecule is N#CCC(=O)NN=Cc1ccc(Cl)cc1Cl. The fraction of sp³-hybridized carbons (Fsp3) is 0.100. The van der Waals surface area contributed by atoms with Crippen molar-refractivity contribution in [1.29, 1.82) is 5.26 Å². The minimum Gasteiger partial charge on any atom is -0.272 e. The van der Waals surface area contributed by atoms with Crippen LogP contribution >= 0.6 is 23.2 Å². The highest BCUT2D eigenvalue weighted by molar-refractivity contribution is 6.36. The maximum absolute atomic E-state index is 10.9. The molecule has 1 rings (SSSR count). The fourth-order valence-electron chi connectivity index (χ4n) is 0.891. The third-order valence-corrected chi connectivity index (χ3v) is 2.16. The highest BCUT2D eigenvalue weighted by Crippen LogP contribution is 2.19. The van der Waals surface area contributed by atoms with Crippen molar-refractivity contribution >= 4 is 35.3 Å². The number of halogens is 2. The van der Waals surface area contributed by atoms with Crippen molar-refractivity contribution in [3.8, 4) is 6.07 Å². The molecule has 0 saturated heterocycles. The zero-order valence-electron chi connectivity index (χ0n) is 8.08. The van der Waals surface area contributed by atoms with E-state index in [0.29, 0.717) is 15.6 Å². The average molecular weight is 256 g/mol. The lowest BCUT2D eigenvalue weighted by Crippen LogP contribution is -2.16. The lowest BCUT2D eigenvalue weighted by Gasteiger charge is -1.98. The first-order valence-corrected chi connectivity index (χ1v) is 5.03. The Bertz CT molecular complexity index is 466. The van der Waals surface area contributed by atoms with Crippen molar-refractivity contribution in [1.82, 2.24) is 5.43 Å². The molecular weight excluding hydrogens is 249 g/mol. The third-order valence-electron chi connectivity index (χ3n) is 1.59. The van der Waals surface area contributed by atoms with Crippen LogP contribution < -0.4 is 5.43 Å². The summed E-state index contributed by atoms with van der Waals surface area (Å²) in [5.41, 5.74) is 2.82. The van der Waals surface area contributed by atoms with E-state index in [1.54, 1.807) is 24.3 Å². The Balaban J connectivity index is 2.63. The largest absolute Gasteiger partial charge is 0.272 e. The zero-order valence-corrected chi connectivity index (χ0v) is 9.59. The Labute approximate surface area is 102 Å². The van der Waals surface area contributed by atoms with Crippen LogP contribution in [-0.2, 0) is 4.79 Å². The number of amides is 1. The lowest BCUT2D eigenvalue weighted by atomic mass is 10.2. The number of hydrogen-bond donors (Lipinski definition) is 1. The molecule has 0 aromatic heterocycles. The monoisotopic (exact) mass is 255 g/mol. The molecule has 82 valence electrons. The number of nitriles is 1. The average Bonchev–Trinajstić information content (AvgIpc) is 2.22. The maximum Gasteiger partial charge on any atom is 0.254 e. The first-order valence-electron chi connectivity index (χ1n) is 4.27. The second kappa shape index (κ2) is 6.11. The van der Waals surface area contributed by atoms with Crippen LogP contribution in [0, 0.1) is 11.3 Å².